The molecule has 1 unspecified atom stereocenters. The van der Waals surface area contributed by atoms with Gasteiger partial charge >= 0.3 is 5.97 Å². The van der Waals surface area contributed by atoms with Crippen molar-refractivity contribution in [1.29, 1.82) is 0 Å². The first-order valence-corrected chi connectivity index (χ1v) is 8.59. The average molecular weight is 368 g/mol. The molecule has 0 aliphatic heterocycles. The summed E-state index contributed by atoms with van der Waals surface area (Å²) >= 11 is 0. The number of hydrogen-bond acceptors (Lipinski definition) is 6. The fourth-order valence-electron chi connectivity index (χ4n) is 2.35. The van der Waals surface area contributed by atoms with Gasteiger partial charge in [0.2, 0.25) is 0 Å². The number of nitrogens with zero attached hydrogens (tertiary/aromatic N) is 1. The molecule has 0 aliphatic rings. The predicted molar refractivity (Wildman–Crippen MR) is 106 cm³/mol. The lowest BCUT2D eigenvalue weighted by Gasteiger charge is -2.15. The molecule has 0 radical (unpaired) electrons. The quantitative estimate of drug-likeness (QED) is 0.305. The number of methoxy groups -OCH3 is 1. The Morgan fingerprint density at radius 3 is 2.44 bits per heavy atom. The highest BCUT2D eigenvalue weighted by molar-refractivity contribution is 6.37. The summed E-state index contributed by atoms with van der Waals surface area (Å²) in [6.07, 6.45) is -0.862. The number of para-hydroxylation sites is 1. The number of hydrazone groups is 1. The van der Waals surface area contributed by atoms with Crippen LogP contribution in [0.3, 0.4) is 0 Å². The number of anilines is 1. The SMILES string of the molecule is C=C(C/C(=N\Nc1ccccc1)C(=O)OCC)C(O)c1ccc(OC)cc1. The summed E-state index contributed by atoms with van der Waals surface area (Å²) in [5, 5.41) is 14.7. The summed E-state index contributed by atoms with van der Waals surface area (Å²) < 4.78 is 10.2. The fourth-order valence-corrected chi connectivity index (χ4v) is 2.35. The topological polar surface area (TPSA) is 80.2 Å². The van der Waals surface area contributed by atoms with Crippen molar-refractivity contribution in [3.8, 4) is 5.75 Å². The molecule has 0 heterocycles. The molecule has 2 N–H and O–H groups in total. The highest BCUT2D eigenvalue weighted by Crippen LogP contribution is 2.25. The van der Waals surface area contributed by atoms with Crippen LogP contribution in [0.15, 0.2) is 71.9 Å². The molecular weight excluding hydrogens is 344 g/mol. The van der Waals surface area contributed by atoms with Crippen LogP contribution in [0.25, 0.3) is 0 Å². The molecule has 0 saturated heterocycles. The van der Waals surface area contributed by atoms with Crippen molar-refractivity contribution < 1.29 is 19.4 Å². The van der Waals surface area contributed by atoms with Crippen LogP contribution < -0.4 is 10.2 Å². The minimum Gasteiger partial charge on any atom is -0.497 e. The van der Waals surface area contributed by atoms with E-state index in [9.17, 15) is 9.90 Å². The summed E-state index contributed by atoms with van der Waals surface area (Å²) in [6.45, 7) is 5.87. The van der Waals surface area contributed by atoms with E-state index in [1.165, 1.54) is 0 Å². The molecule has 0 aliphatic carbocycles. The van der Waals surface area contributed by atoms with Crippen LogP contribution >= 0.6 is 0 Å². The number of aliphatic hydroxyl groups excluding tert-OH is 1. The van der Waals surface area contributed by atoms with Gasteiger partial charge in [0.1, 0.15) is 17.6 Å². The lowest BCUT2D eigenvalue weighted by Crippen LogP contribution is -2.21. The third-order valence-corrected chi connectivity index (χ3v) is 3.82. The molecule has 0 saturated carbocycles. The first-order valence-electron chi connectivity index (χ1n) is 8.59. The molecule has 27 heavy (non-hydrogen) atoms. The number of aliphatic hydroxyl groups is 1. The molecule has 0 bridgehead atoms. The standard InChI is InChI=1S/C21H24N2O4/c1-4-27-21(25)19(23-22-17-8-6-5-7-9-17)14-15(2)20(24)16-10-12-18(26-3)13-11-16/h5-13,20,22,24H,2,4,14H2,1,3H3/b23-19+. The van der Waals surface area contributed by atoms with Crippen molar-refractivity contribution in [2.45, 2.75) is 19.4 Å². The monoisotopic (exact) mass is 368 g/mol. The number of rotatable bonds is 9. The molecule has 1 atom stereocenters. The first kappa shape index (κ1) is 20.2. The molecule has 0 fully saturated rings. The number of hydrogen-bond donors (Lipinski definition) is 2. The van der Waals surface area contributed by atoms with Crippen molar-refractivity contribution in [1.82, 2.24) is 0 Å². The fraction of sp³-hybridized carbons (Fsp3) is 0.238. The van der Waals surface area contributed by atoms with Gasteiger partial charge in [0.25, 0.3) is 0 Å². The summed E-state index contributed by atoms with van der Waals surface area (Å²) in [5.41, 5.74) is 4.79. The van der Waals surface area contributed by atoms with Gasteiger partial charge in [-0.15, -0.1) is 0 Å². The van der Waals surface area contributed by atoms with Crippen LogP contribution in [0, 0.1) is 0 Å². The Kier molecular flexibility index (Phi) is 7.58. The molecule has 0 spiro atoms. The van der Waals surface area contributed by atoms with E-state index in [1.54, 1.807) is 38.3 Å². The van der Waals surface area contributed by atoms with Crippen LogP contribution in [0.1, 0.15) is 25.0 Å². The van der Waals surface area contributed by atoms with Crippen LogP contribution in [0.2, 0.25) is 0 Å². The van der Waals surface area contributed by atoms with Crippen molar-refractivity contribution in [2.75, 3.05) is 19.1 Å². The van der Waals surface area contributed by atoms with Gasteiger partial charge < -0.3 is 14.6 Å². The second-order valence-electron chi connectivity index (χ2n) is 5.77. The summed E-state index contributed by atoms with van der Waals surface area (Å²) in [4.78, 5) is 12.2. The van der Waals surface area contributed by atoms with E-state index in [0.29, 0.717) is 16.9 Å². The van der Waals surface area contributed by atoms with Crippen LogP contribution in [-0.4, -0.2) is 30.5 Å². The van der Waals surface area contributed by atoms with Crippen LogP contribution in [-0.2, 0) is 9.53 Å². The third-order valence-electron chi connectivity index (χ3n) is 3.82. The average Bonchev–Trinajstić information content (AvgIpc) is 2.71. The highest BCUT2D eigenvalue weighted by atomic mass is 16.5. The van der Waals surface area contributed by atoms with Gasteiger partial charge in [-0.1, -0.05) is 36.9 Å². The summed E-state index contributed by atoms with van der Waals surface area (Å²) in [7, 11) is 1.58. The molecule has 2 aromatic carbocycles. The van der Waals surface area contributed by atoms with E-state index >= 15 is 0 Å². The summed E-state index contributed by atoms with van der Waals surface area (Å²) in [5.74, 6) is 0.140. The van der Waals surface area contributed by atoms with E-state index in [-0.39, 0.29) is 18.7 Å². The Balaban J connectivity index is 2.12. The second-order valence-corrected chi connectivity index (χ2v) is 5.77. The van der Waals surface area contributed by atoms with Gasteiger partial charge in [-0.05, 0) is 42.3 Å². The Labute approximate surface area is 159 Å². The molecule has 0 amide bonds. The molecule has 142 valence electrons. The van der Waals surface area contributed by atoms with E-state index in [2.05, 4.69) is 17.1 Å². The Hall–Kier alpha value is -3.12. The van der Waals surface area contributed by atoms with Crippen molar-refractivity contribution in [3.63, 3.8) is 0 Å². The van der Waals surface area contributed by atoms with Crippen LogP contribution in [0.4, 0.5) is 5.69 Å². The van der Waals surface area contributed by atoms with E-state index in [4.69, 9.17) is 9.47 Å². The molecule has 2 rings (SSSR count). The maximum Gasteiger partial charge on any atom is 0.354 e. The number of esters is 1. The van der Waals surface area contributed by atoms with Crippen molar-refractivity contribution in [2.24, 2.45) is 5.10 Å². The molecular formula is C21H24N2O4. The molecule has 6 heteroatoms. The largest absolute Gasteiger partial charge is 0.497 e. The number of carbonyl (C=O) groups is 1. The predicted octanol–water partition coefficient (Wildman–Crippen LogP) is 3.71. The lowest BCUT2D eigenvalue weighted by molar-refractivity contribution is -0.135. The second kappa shape index (κ2) is 10.1. The molecule has 2 aromatic rings. The van der Waals surface area contributed by atoms with Gasteiger partial charge in [-0.25, -0.2) is 4.79 Å². The van der Waals surface area contributed by atoms with E-state index in [1.807, 2.05) is 30.3 Å². The number of benzene rings is 2. The van der Waals surface area contributed by atoms with Crippen molar-refractivity contribution >= 4 is 17.4 Å². The summed E-state index contributed by atoms with van der Waals surface area (Å²) in [6, 6.07) is 16.2. The molecule has 0 aromatic heterocycles. The number of carbonyl (C=O) groups excluding carboxylic acids is 1. The minimum atomic E-state index is -0.938. The minimum absolute atomic E-state index is 0.0753. The zero-order valence-electron chi connectivity index (χ0n) is 15.5. The first-order chi connectivity index (χ1) is 13.0. The van der Waals surface area contributed by atoms with E-state index in [0.717, 1.165) is 5.69 Å². The van der Waals surface area contributed by atoms with Gasteiger partial charge in [0, 0.05) is 6.42 Å². The number of nitrogens with one attached hydrogen (secondary N) is 1. The maximum absolute atomic E-state index is 12.2. The Morgan fingerprint density at radius 1 is 1.19 bits per heavy atom. The maximum atomic E-state index is 12.2. The van der Waals surface area contributed by atoms with Gasteiger partial charge in [-0.2, -0.15) is 5.10 Å². The Morgan fingerprint density at radius 2 is 1.85 bits per heavy atom. The Bertz CT molecular complexity index is 786. The van der Waals surface area contributed by atoms with E-state index < -0.39 is 12.1 Å². The van der Waals surface area contributed by atoms with Gasteiger partial charge in [0.05, 0.1) is 19.4 Å². The lowest BCUT2D eigenvalue weighted by atomic mass is 9.98. The zero-order valence-corrected chi connectivity index (χ0v) is 15.5. The zero-order chi connectivity index (χ0) is 19.6. The van der Waals surface area contributed by atoms with Gasteiger partial charge in [-0.3, -0.25) is 5.43 Å². The van der Waals surface area contributed by atoms with Gasteiger partial charge in [0.15, 0.2) is 0 Å². The van der Waals surface area contributed by atoms with Crippen molar-refractivity contribution in [3.05, 3.63) is 72.3 Å². The third kappa shape index (κ3) is 5.97. The number of ether oxygens (including phenoxy) is 2. The molecule has 6 nitrogen and oxygen atoms in total. The highest BCUT2D eigenvalue weighted by Gasteiger charge is 2.19. The smallest absolute Gasteiger partial charge is 0.354 e. The normalized spacial score (nSPS) is 12.2. The van der Waals surface area contributed by atoms with Crippen LogP contribution in [0.5, 0.6) is 5.75 Å².